The second-order valence-electron chi connectivity index (χ2n) is 11.8. The predicted molar refractivity (Wildman–Crippen MR) is 123 cm³/mol. The van der Waals surface area contributed by atoms with Crippen molar-refractivity contribution < 1.29 is 19.4 Å². The van der Waals surface area contributed by atoms with Crippen molar-refractivity contribution in [2.24, 2.45) is 22.7 Å². The maximum atomic E-state index is 12.8. The molecule has 7 nitrogen and oxygen atoms in total. The highest BCUT2D eigenvalue weighted by Crippen LogP contribution is 2.64. The summed E-state index contributed by atoms with van der Waals surface area (Å²) in [6.45, 7) is 11.4. The number of carbonyl (C=O) groups excluding carboxylic acids is 2. The predicted octanol–water partition coefficient (Wildman–Crippen LogP) is 2.08. The van der Waals surface area contributed by atoms with Gasteiger partial charge in [0.1, 0.15) is 0 Å². The average Bonchev–Trinajstić information content (AvgIpc) is 3.56. The molecule has 3 aliphatic carbocycles. The van der Waals surface area contributed by atoms with E-state index in [1.165, 1.54) is 0 Å². The molecule has 4 rings (SSSR count). The van der Waals surface area contributed by atoms with E-state index in [0.717, 1.165) is 77.8 Å². The Kier molecular flexibility index (Phi) is 6.91. The second kappa shape index (κ2) is 9.22. The van der Waals surface area contributed by atoms with E-state index in [1.54, 1.807) is 0 Å². The Bertz CT molecular complexity index is 699. The molecule has 3 saturated carbocycles. The van der Waals surface area contributed by atoms with E-state index in [0.29, 0.717) is 18.9 Å². The molecule has 0 aromatic rings. The Labute approximate surface area is 193 Å². The van der Waals surface area contributed by atoms with E-state index in [2.05, 4.69) is 29.4 Å². The number of aliphatic hydroxyl groups is 1. The van der Waals surface area contributed by atoms with Crippen molar-refractivity contribution in [3.05, 3.63) is 0 Å². The number of amides is 2. The van der Waals surface area contributed by atoms with Crippen LogP contribution in [0.5, 0.6) is 0 Å². The van der Waals surface area contributed by atoms with E-state index in [-0.39, 0.29) is 34.6 Å². The van der Waals surface area contributed by atoms with Gasteiger partial charge in [-0.25, -0.2) is 0 Å². The van der Waals surface area contributed by atoms with Crippen LogP contribution in [-0.2, 0) is 14.3 Å². The smallest absolute Gasteiger partial charge is 0.223 e. The number of morpholine rings is 1. The van der Waals surface area contributed by atoms with Crippen LogP contribution in [0.4, 0.5) is 0 Å². The fraction of sp³-hybridized carbons (Fsp3) is 0.920. The Morgan fingerprint density at radius 3 is 2.50 bits per heavy atom. The fourth-order valence-electron chi connectivity index (χ4n) is 6.68. The van der Waals surface area contributed by atoms with Gasteiger partial charge in [0, 0.05) is 44.6 Å². The first-order valence-corrected chi connectivity index (χ1v) is 12.7. The van der Waals surface area contributed by atoms with Crippen LogP contribution in [0, 0.1) is 22.7 Å². The zero-order chi connectivity index (χ0) is 23.0. The van der Waals surface area contributed by atoms with Gasteiger partial charge in [-0.1, -0.05) is 13.8 Å². The molecular formula is C25H43N3O4. The SMILES string of the molecule is CC1(O)CCC2(CCC(=O)NCCN3CCOCC3)C(NC(=O)C3CC3)CC(C)(C)C2C1. The summed E-state index contributed by atoms with van der Waals surface area (Å²) < 4.78 is 5.38. The first-order chi connectivity index (χ1) is 15.1. The molecule has 182 valence electrons. The topological polar surface area (TPSA) is 90.9 Å². The van der Waals surface area contributed by atoms with Gasteiger partial charge >= 0.3 is 0 Å². The summed E-state index contributed by atoms with van der Waals surface area (Å²) in [5, 5.41) is 17.4. The first kappa shape index (κ1) is 24.0. The molecule has 0 radical (unpaired) electrons. The summed E-state index contributed by atoms with van der Waals surface area (Å²) in [5.74, 6) is 0.771. The minimum Gasteiger partial charge on any atom is -0.390 e. The number of carbonyl (C=O) groups is 2. The zero-order valence-corrected chi connectivity index (χ0v) is 20.3. The third-order valence-electron chi connectivity index (χ3n) is 8.77. The highest BCUT2D eigenvalue weighted by Gasteiger charge is 2.61. The van der Waals surface area contributed by atoms with Gasteiger partial charge in [-0.2, -0.15) is 0 Å². The highest BCUT2D eigenvalue weighted by molar-refractivity contribution is 5.81. The molecule has 4 fully saturated rings. The standard InChI is InChI=1S/C25H43N3O4/c1-23(2)17-20(27-22(30)18-4-5-18)25(9-8-24(3,31)16-19(23)25)7-6-21(29)26-10-11-28-12-14-32-15-13-28/h18-20,31H,4-17H2,1-3H3,(H,26,29)(H,27,30). The van der Waals surface area contributed by atoms with Crippen LogP contribution in [0.2, 0.25) is 0 Å². The van der Waals surface area contributed by atoms with Crippen LogP contribution in [0.25, 0.3) is 0 Å². The van der Waals surface area contributed by atoms with E-state index >= 15 is 0 Å². The molecule has 0 aromatic carbocycles. The Morgan fingerprint density at radius 2 is 1.81 bits per heavy atom. The monoisotopic (exact) mass is 449 g/mol. The van der Waals surface area contributed by atoms with Crippen LogP contribution in [0.3, 0.4) is 0 Å². The molecule has 4 atom stereocenters. The van der Waals surface area contributed by atoms with Crippen molar-refractivity contribution in [1.29, 1.82) is 0 Å². The second-order valence-corrected chi connectivity index (χ2v) is 11.8. The number of hydrogen-bond donors (Lipinski definition) is 3. The molecule has 7 heteroatoms. The average molecular weight is 450 g/mol. The molecule has 4 aliphatic rings. The quantitative estimate of drug-likeness (QED) is 0.528. The van der Waals surface area contributed by atoms with Crippen LogP contribution in [0.15, 0.2) is 0 Å². The minimum atomic E-state index is -0.665. The number of rotatable bonds is 8. The van der Waals surface area contributed by atoms with Crippen molar-refractivity contribution in [3.8, 4) is 0 Å². The largest absolute Gasteiger partial charge is 0.390 e. The molecule has 1 saturated heterocycles. The van der Waals surface area contributed by atoms with Gasteiger partial charge in [-0.15, -0.1) is 0 Å². The Balaban J connectivity index is 1.39. The van der Waals surface area contributed by atoms with Crippen molar-refractivity contribution in [2.45, 2.75) is 83.8 Å². The third kappa shape index (κ3) is 5.31. The normalized spacial score (nSPS) is 37.0. The third-order valence-corrected chi connectivity index (χ3v) is 8.77. The van der Waals surface area contributed by atoms with Crippen LogP contribution >= 0.6 is 0 Å². The molecule has 4 unspecified atom stereocenters. The number of hydrogen-bond acceptors (Lipinski definition) is 5. The maximum absolute atomic E-state index is 12.8. The lowest BCUT2D eigenvalue weighted by Gasteiger charge is -2.50. The minimum absolute atomic E-state index is 0.0265. The molecule has 1 aliphatic heterocycles. The van der Waals surface area contributed by atoms with Gasteiger partial charge in [0.05, 0.1) is 18.8 Å². The summed E-state index contributed by atoms with van der Waals surface area (Å²) in [4.78, 5) is 27.8. The van der Waals surface area contributed by atoms with Crippen molar-refractivity contribution in [2.75, 3.05) is 39.4 Å². The van der Waals surface area contributed by atoms with Crippen LogP contribution < -0.4 is 10.6 Å². The van der Waals surface area contributed by atoms with Crippen LogP contribution in [0.1, 0.15) is 72.1 Å². The number of nitrogens with zero attached hydrogens (tertiary/aromatic N) is 1. The van der Waals surface area contributed by atoms with E-state index in [9.17, 15) is 14.7 Å². The van der Waals surface area contributed by atoms with E-state index in [4.69, 9.17) is 4.74 Å². The number of nitrogens with one attached hydrogen (secondary N) is 2. The first-order valence-electron chi connectivity index (χ1n) is 12.7. The van der Waals surface area contributed by atoms with Crippen molar-refractivity contribution in [1.82, 2.24) is 15.5 Å². The molecular weight excluding hydrogens is 406 g/mol. The van der Waals surface area contributed by atoms with Crippen molar-refractivity contribution >= 4 is 11.8 Å². The molecule has 1 heterocycles. The van der Waals surface area contributed by atoms with Gasteiger partial charge in [-0.05, 0) is 68.6 Å². The maximum Gasteiger partial charge on any atom is 0.223 e. The summed E-state index contributed by atoms with van der Waals surface area (Å²) in [6, 6.07) is 0.0906. The fourth-order valence-corrected chi connectivity index (χ4v) is 6.68. The lowest BCUT2D eigenvalue weighted by molar-refractivity contribution is -0.126. The summed E-state index contributed by atoms with van der Waals surface area (Å²) in [7, 11) is 0. The molecule has 32 heavy (non-hydrogen) atoms. The zero-order valence-electron chi connectivity index (χ0n) is 20.3. The van der Waals surface area contributed by atoms with E-state index < -0.39 is 5.60 Å². The van der Waals surface area contributed by atoms with E-state index in [1.807, 2.05) is 6.92 Å². The molecule has 0 bridgehead atoms. The summed E-state index contributed by atoms with van der Waals surface area (Å²) in [6.07, 6.45) is 6.51. The summed E-state index contributed by atoms with van der Waals surface area (Å²) in [5.41, 5.74) is -0.752. The van der Waals surface area contributed by atoms with Gasteiger partial charge in [0.2, 0.25) is 11.8 Å². The Hall–Kier alpha value is -1.18. The number of fused-ring (bicyclic) bond motifs is 1. The van der Waals surface area contributed by atoms with Crippen LogP contribution in [-0.4, -0.2) is 72.9 Å². The Morgan fingerprint density at radius 1 is 1.09 bits per heavy atom. The molecule has 3 N–H and O–H groups in total. The molecule has 2 amide bonds. The highest BCUT2D eigenvalue weighted by atomic mass is 16.5. The summed E-state index contributed by atoms with van der Waals surface area (Å²) >= 11 is 0. The lowest BCUT2D eigenvalue weighted by atomic mass is 9.57. The number of ether oxygens (including phenoxy) is 1. The lowest BCUT2D eigenvalue weighted by Crippen LogP contribution is -2.53. The van der Waals surface area contributed by atoms with Gasteiger partial charge in [-0.3, -0.25) is 14.5 Å². The molecule has 0 aromatic heterocycles. The molecule has 0 spiro atoms. The van der Waals surface area contributed by atoms with Gasteiger partial charge < -0.3 is 20.5 Å². The van der Waals surface area contributed by atoms with Gasteiger partial charge in [0.15, 0.2) is 0 Å². The van der Waals surface area contributed by atoms with Gasteiger partial charge in [0.25, 0.3) is 0 Å². The van der Waals surface area contributed by atoms with Crippen molar-refractivity contribution in [3.63, 3.8) is 0 Å².